The van der Waals surface area contributed by atoms with E-state index in [1.807, 2.05) is 62.3 Å². The number of furan rings is 1. The fourth-order valence-electron chi connectivity index (χ4n) is 4.61. The van der Waals surface area contributed by atoms with Crippen molar-refractivity contribution < 1.29 is 13.9 Å². The van der Waals surface area contributed by atoms with E-state index < -0.39 is 0 Å². The second-order valence-electron chi connectivity index (χ2n) is 9.38. The fraction of sp³-hybridized carbons (Fsp3) is 0.345. The van der Waals surface area contributed by atoms with Gasteiger partial charge in [-0.25, -0.2) is 4.98 Å². The minimum Gasteiger partial charge on any atom is -0.475 e. The molecule has 2 heterocycles. The maximum atomic E-state index is 6.48. The highest BCUT2D eigenvalue weighted by Crippen LogP contribution is 2.46. The van der Waals surface area contributed by atoms with E-state index in [0.29, 0.717) is 17.7 Å². The first kappa shape index (κ1) is 23.4. The molecule has 0 bridgehead atoms. The standard InChI is InChI=1S/C29H33N3O3/c1-19(32(2)3)34-25-13-9-8-12-22(25)28-26(20-10-6-5-7-11-20)27-23(16-17-30-29(27)35-28)31-18-21-14-15-24(21)33-4/h5-13,16-17,19,21,24H,14-15,18H2,1-4H3,(H,30,31). The second-order valence-corrected chi connectivity index (χ2v) is 9.38. The lowest BCUT2D eigenvalue weighted by Gasteiger charge is -2.35. The Morgan fingerprint density at radius 3 is 2.54 bits per heavy atom. The predicted octanol–water partition coefficient (Wildman–Crippen LogP) is 6.29. The van der Waals surface area contributed by atoms with Crippen LogP contribution in [0.2, 0.25) is 0 Å². The predicted molar refractivity (Wildman–Crippen MR) is 141 cm³/mol. The monoisotopic (exact) mass is 471 g/mol. The molecule has 182 valence electrons. The Morgan fingerprint density at radius 2 is 1.83 bits per heavy atom. The molecular weight excluding hydrogens is 438 g/mol. The molecular formula is C29H33N3O3. The molecule has 35 heavy (non-hydrogen) atoms. The zero-order valence-corrected chi connectivity index (χ0v) is 20.8. The van der Waals surface area contributed by atoms with Crippen molar-refractivity contribution in [2.24, 2.45) is 5.92 Å². The van der Waals surface area contributed by atoms with Gasteiger partial charge in [-0.3, -0.25) is 4.90 Å². The number of nitrogens with one attached hydrogen (secondary N) is 1. The number of nitrogens with zero attached hydrogens (tertiary/aromatic N) is 2. The molecule has 1 aliphatic carbocycles. The van der Waals surface area contributed by atoms with Gasteiger partial charge in [0.2, 0.25) is 5.71 Å². The van der Waals surface area contributed by atoms with Crippen LogP contribution in [0.5, 0.6) is 5.75 Å². The van der Waals surface area contributed by atoms with Crippen molar-refractivity contribution in [3.63, 3.8) is 0 Å². The molecule has 0 amide bonds. The van der Waals surface area contributed by atoms with E-state index in [1.54, 1.807) is 13.3 Å². The molecule has 2 aromatic heterocycles. The highest BCUT2D eigenvalue weighted by Gasteiger charge is 2.31. The van der Waals surface area contributed by atoms with E-state index in [2.05, 4.69) is 34.6 Å². The van der Waals surface area contributed by atoms with Gasteiger partial charge < -0.3 is 19.2 Å². The van der Waals surface area contributed by atoms with Crippen LogP contribution in [-0.4, -0.2) is 50.0 Å². The lowest BCUT2D eigenvalue weighted by atomic mass is 9.82. The van der Waals surface area contributed by atoms with Gasteiger partial charge in [0.15, 0.2) is 0 Å². The third-order valence-corrected chi connectivity index (χ3v) is 7.02. The Balaban J connectivity index is 1.63. The third kappa shape index (κ3) is 4.64. The Hall–Kier alpha value is -3.35. The average Bonchev–Trinajstić information content (AvgIpc) is 3.25. The van der Waals surface area contributed by atoms with Gasteiger partial charge in [-0.1, -0.05) is 42.5 Å². The van der Waals surface area contributed by atoms with Crippen LogP contribution in [-0.2, 0) is 4.74 Å². The summed E-state index contributed by atoms with van der Waals surface area (Å²) in [6.07, 6.45) is 4.35. The molecule has 6 nitrogen and oxygen atoms in total. The Kier molecular flexibility index (Phi) is 6.75. The molecule has 1 aliphatic rings. The quantitative estimate of drug-likeness (QED) is 0.290. The van der Waals surface area contributed by atoms with E-state index >= 15 is 0 Å². The maximum absolute atomic E-state index is 6.48. The summed E-state index contributed by atoms with van der Waals surface area (Å²) >= 11 is 0. The number of fused-ring (bicyclic) bond motifs is 1. The average molecular weight is 472 g/mol. The molecule has 5 rings (SSSR count). The molecule has 1 N–H and O–H groups in total. The molecule has 1 fully saturated rings. The summed E-state index contributed by atoms with van der Waals surface area (Å²) < 4.78 is 18.4. The van der Waals surface area contributed by atoms with Gasteiger partial charge in [-0.2, -0.15) is 0 Å². The number of aromatic nitrogens is 1. The first-order chi connectivity index (χ1) is 17.1. The van der Waals surface area contributed by atoms with Crippen LogP contribution in [0, 0.1) is 5.92 Å². The van der Waals surface area contributed by atoms with E-state index in [0.717, 1.165) is 52.2 Å². The zero-order valence-electron chi connectivity index (χ0n) is 20.8. The minimum atomic E-state index is -0.0905. The number of methoxy groups -OCH3 is 1. The molecule has 1 saturated carbocycles. The molecule has 0 saturated heterocycles. The van der Waals surface area contributed by atoms with Crippen LogP contribution in [0.25, 0.3) is 33.6 Å². The number of rotatable bonds is 9. The number of pyridine rings is 1. The van der Waals surface area contributed by atoms with E-state index in [-0.39, 0.29) is 6.23 Å². The SMILES string of the molecule is COC1CCC1CNc1ccnc2oc(-c3ccccc3OC(C)N(C)C)c(-c3ccccc3)c12. The maximum Gasteiger partial charge on any atom is 0.229 e. The molecule has 4 aromatic rings. The molecule has 0 radical (unpaired) electrons. The largest absolute Gasteiger partial charge is 0.475 e. The van der Waals surface area contributed by atoms with E-state index in [4.69, 9.17) is 13.9 Å². The van der Waals surface area contributed by atoms with Crippen LogP contribution < -0.4 is 10.1 Å². The summed E-state index contributed by atoms with van der Waals surface area (Å²) in [7, 11) is 5.80. The number of para-hydroxylation sites is 1. The Bertz CT molecular complexity index is 1280. The number of anilines is 1. The normalized spacial score (nSPS) is 18.4. The van der Waals surface area contributed by atoms with Gasteiger partial charge in [-0.15, -0.1) is 0 Å². The van der Waals surface area contributed by atoms with Crippen molar-refractivity contribution in [1.29, 1.82) is 0 Å². The molecule has 0 aliphatic heterocycles. The minimum absolute atomic E-state index is 0.0905. The van der Waals surface area contributed by atoms with Crippen molar-refractivity contribution in [2.75, 3.05) is 33.1 Å². The van der Waals surface area contributed by atoms with E-state index in [9.17, 15) is 0 Å². The highest BCUT2D eigenvalue weighted by molar-refractivity contribution is 6.07. The first-order valence-electron chi connectivity index (χ1n) is 12.2. The van der Waals surface area contributed by atoms with Crippen molar-refractivity contribution in [3.8, 4) is 28.2 Å². The summed E-state index contributed by atoms with van der Waals surface area (Å²) in [6.45, 7) is 2.89. The van der Waals surface area contributed by atoms with Crippen molar-refractivity contribution in [1.82, 2.24) is 9.88 Å². The number of hydrogen-bond acceptors (Lipinski definition) is 6. The molecule has 3 unspecified atom stereocenters. The number of ether oxygens (including phenoxy) is 2. The number of benzene rings is 2. The van der Waals surface area contributed by atoms with Gasteiger partial charge in [0.05, 0.1) is 17.1 Å². The van der Waals surface area contributed by atoms with Gasteiger partial charge >= 0.3 is 0 Å². The van der Waals surface area contributed by atoms with Crippen LogP contribution in [0.3, 0.4) is 0 Å². The number of hydrogen-bond donors (Lipinski definition) is 1. The topological polar surface area (TPSA) is 59.8 Å². The Morgan fingerprint density at radius 1 is 1.06 bits per heavy atom. The Labute approximate surface area is 206 Å². The first-order valence-corrected chi connectivity index (χ1v) is 12.2. The van der Waals surface area contributed by atoms with Gasteiger partial charge in [0, 0.05) is 37.0 Å². The molecule has 3 atom stereocenters. The smallest absolute Gasteiger partial charge is 0.229 e. The van der Waals surface area contributed by atoms with E-state index in [1.165, 1.54) is 6.42 Å². The van der Waals surface area contributed by atoms with Gasteiger partial charge in [0.1, 0.15) is 17.7 Å². The van der Waals surface area contributed by atoms with Crippen molar-refractivity contribution in [3.05, 3.63) is 66.9 Å². The second kappa shape index (κ2) is 10.1. The van der Waals surface area contributed by atoms with Crippen LogP contribution in [0.1, 0.15) is 19.8 Å². The molecule has 2 aromatic carbocycles. The lowest BCUT2D eigenvalue weighted by Crippen LogP contribution is -2.37. The summed E-state index contributed by atoms with van der Waals surface area (Å²) in [5, 5.41) is 4.66. The van der Waals surface area contributed by atoms with Crippen molar-refractivity contribution in [2.45, 2.75) is 32.1 Å². The van der Waals surface area contributed by atoms with Crippen LogP contribution in [0.15, 0.2) is 71.3 Å². The third-order valence-electron chi connectivity index (χ3n) is 7.02. The lowest BCUT2D eigenvalue weighted by molar-refractivity contribution is -0.0100. The fourth-order valence-corrected chi connectivity index (χ4v) is 4.61. The van der Waals surface area contributed by atoms with Gasteiger partial charge in [0.25, 0.3) is 0 Å². The van der Waals surface area contributed by atoms with Crippen LogP contribution >= 0.6 is 0 Å². The van der Waals surface area contributed by atoms with Gasteiger partial charge in [-0.05, 0) is 57.6 Å². The van der Waals surface area contributed by atoms with Crippen LogP contribution in [0.4, 0.5) is 5.69 Å². The summed E-state index contributed by atoms with van der Waals surface area (Å²) in [5.74, 6) is 2.04. The van der Waals surface area contributed by atoms with Crippen molar-refractivity contribution >= 4 is 16.8 Å². The summed E-state index contributed by atoms with van der Waals surface area (Å²) in [6, 6.07) is 20.4. The zero-order chi connectivity index (χ0) is 24.4. The summed E-state index contributed by atoms with van der Waals surface area (Å²) in [4.78, 5) is 6.64. The molecule has 0 spiro atoms. The molecule has 6 heteroatoms. The summed E-state index contributed by atoms with van der Waals surface area (Å²) in [5.41, 5.74) is 4.62. The highest BCUT2D eigenvalue weighted by atomic mass is 16.5.